The Hall–Kier alpha value is -3.65. The van der Waals surface area contributed by atoms with Crippen LogP contribution in [-0.4, -0.2) is 59.3 Å². The van der Waals surface area contributed by atoms with Crippen LogP contribution in [-0.2, 0) is 6.42 Å². The molecular formula is C24H29N7O. The first kappa shape index (κ1) is 21.6. The largest absolute Gasteiger partial charge is 0.508 e. The molecule has 4 N–H and O–H groups in total. The van der Waals surface area contributed by atoms with E-state index in [9.17, 15) is 5.11 Å². The lowest BCUT2D eigenvalue weighted by atomic mass is 10.1. The maximum absolute atomic E-state index is 9.44. The minimum atomic E-state index is 0.275. The van der Waals surface area contributed by atoms with Crippen LogP contribution in [0.2, 0.25) is 0 Å². The third kappa shape index (κ3) is 6.42. The number of aromatic nitrogens is 3. The second kappa shape index (κ2) is 11.1. The smallest absolute Gasteiger partial charge is 0.232 e. The van der Waals surface area contributed by atoms with Crippen molar-refractivity contribution < 1.29 is 5.11 Å². The van der Waals surface area contributed by atoms with E-state index in [0.717, 1.165) is 43.7 Å². The number of hydrogen-bond acceptors (Lipinski definition) is 8. The molecule has 1 aliphatic heterocycles. The Morgan fingerprint density at radius 3 is 2.38 bits per heavy atom. The Morgan fingerprint density at radius 2 is 1.62 bits per heavy atom. The summed E-state index contributed by atoms with van der Waals surface area (Å²) < 4.78 is 0. The van der Waals surface area contributed by atoms with Gasteiger partial charge < -0.3 is 26.0 Å². The molecule has 2 heterocycles. The van der Waals surface area contributed by atoms with E-state index in [-0.39, 0.29) is 5.75 Å². The summed E-state index contributed by atoms with van der Waals surface area (Å²) in [4.78, 5) is 16.0. The average molecular weight is 432 g/mol. The Balaban J connectivity index is 1.41. The number of nitrogens with one attached hydrogen (secondary N) is 3. The Kier molecular flexibility index (Phi) is 7.49. The fraction of sp³-hybridized carbons (Fsp3) is 0.292. The summed E-state index contributed by atoms with van der Waals surface area (Å²) in [6, 6.07) is 17.4. The second-order valence-electron chi connectivity index (χ2n) is 7.56. The average Bonchev–Trinajstić information content (AvgIpc) is 2.84. The standard InChI is InChI=1S/C24H29N7O/c32-21-10-8-20(9-11-21)12-14-27-23-28-22(26-13-4-7-19-5-2-1-3-6-19)29-24(30-23)31-17-15-25-16-18-31/h1-11,25,32H,12-18H2,(H2,26,27,28,29,30)/b7-4+. The van der Waals surface area contributed by atoms with Gasteiger partial charge in [-0.25, -0.2) is 0 Å². The number of hydrogen-bond donors (Lipinski definition) is 4. The maximum Gasteiger partial charge on any atom is 0.232 e. The van der Waals surface area contributed by atoms with Crippen molar-refractivity contribution >= 4 is 23.9 Å². The van der Waals surface area contributed by atoms with Gasteiger partial charge in [0.05, 0.1) is 0 Å². The monoisotopic (exact) mass is 431 g/mol. The van der Waals surface area contributed by atoms with E-state index in [0.29, 0.717) is 30.9 Å². The first-order valence-corrected chi connectivity index (χ1v) is 11.0. The van der Waals surface area contributed by atoms with Crippen LogP contribution in [0.15, 0.2) is 60.7 Å². The van der Waals surface area contributed by atoms with E-state index < -0.39 is 0 Å². The number of nitrogens with zero attached hydrogens (tertiary/aromatic N) is 4. The minimum Gasteiger partial charge on any atom is -0.508 e. The SMILES string of the molecule is Oc1ccc(CCNc2nc(NC/C=C/c3ccccc3)nc(N3CCNCC3)n2)cc1. The lowest BCUT2D eigenvalue weighted by Gasteiger charge is -2.27. The van der Waals surface area contributed by atoms with Crippen LogP contribution in [0, 0.1) is 0 Å². The predicted molar refractivity (Wildman–Crippen MR) is 129 cm³/mol. The van der Waals surface area contributed by atoms with Crippen LogP contribution in [0.25, 0.3) is 6.08 Å². The van der Waals surface area contributed by atoms with E-state index in [1.807, 2.05) is 30.3 Å². The fourth-order valence-corrected chi connectivity index (χ4v) is 3.42. The molecule has 0 bridgehead atoms. The molecular weight excluding hydrogens is 402 g/mol. The molecule has 0 atom stereocenters. The Labute approximate surface area is 188 Å². The van der Waals surface area contributed by atoms with Gasteiger partial charge in [0.15, 0.2) is 0 Å². The van der Waals surface area contributed by atoms with Crippen LogP contribution >= 0.6 is 0 Å². The van der Waals surface area contributed by atoms with Crippen LogP contribution in [0.4, 0.5) is 17.8 Å². The molecule has 0 unspecified atom stereocenters. The van der Waals surface area contributed by atoms with Crippen molar-refractivity contribution in [1.82, 2.24) is 20.3 Å². The molecule has 1 saturated heterocycles. The van der Waals surface area contributed by atoms with Gasteiger partial charge in [-0.15, -0.1) is 0 Å². The molecule has 8 heteroatoms. The highest BCUT2D eigenvalue weighted by molar-refractivity contribution is 5.50. The van der Waals surface area contributed by atoms with Crippen LogP contribution in [0.1, 0.15) is 11.1 Å². The van der Waals surface area contributed by atoms with Gasteiger partial charge in [0.1, 0.15) is 5.75 Å². The molecule has 0 amide bonds. The van der Waals surface area contributed by atoms with Crippen molar-refractivity contribution in [2.24, 2.45) is 0 Å². The van der Waals surface area contributed by atoms with Crippen LogP contribution < -0.4 is 20.9 Å². The second-order valence-corrected chi connectivity index (χ2v) is 7.56. The van der Waals surface area contributed by atoms with Crippen molar-refractivity contribution in [2.75, 3.05) is 54.8 Å². The van der Waals surface area contributed by atoms with Gasteiger partial charge in [0.25, 0.3) is 0 Å². The summed E-state index contributed by atoms with van der Waals surface area (Å²) in [6.07, 6.45) is 4.93. The fourth-order valence-electron chi connectivity index (χ4n) is 3.42. The topological polar surface area (TPSA) is 98.2 Å². The van der Waals surface area contributed by atoms with Gasteiger partial charge in [-0.1, -0.05) is 54.6 Å². The Bertz CT molecular complexity index is 1000. The summed E-state index contributed by atoms with van der Waals surface area (Å²) in [5.74, 6) is 2.07. The van der Waals surface area contributed by atoms with Gasteiger partial charge >= 0.3 is 0 Å². The molecule has 1 aliphatic rings. The third-order valence-corrected chi connectivity index (χ3v) is 5.14. The first-order chi connectivity index (χ1) is 15.8. The van der Waals surface area contributed by atoms with Crippen molar-refractivity contribution in [2.45, 2.75) is 6.42 Å². The van der Waals surface area contributed by atoms with Crippen LogP contribution in [0.3, 0.4) is 0 Å². The normalized spacial score (nSPS) is 13.9. The molecule has 0 spiro atoms. The maximum atomic E-state index is 9.44. The number of piperazine rings is 1. The van der Waals surface area contributed by atoms with Crippen molar-refractivity contribution in [3.8, 4) is 5.75 Å². The number of anilines is 3. The zero-order chi connectivity index (χ0) is 22.0. The number of phenols is 1. The highest BCUT2D eigenvalue weighted by Gasteiger charge is 2.15. The molecule has 0 aliphatic carbocycles. The van der Waals surface area contributed by atoms with Gasteiger partial charge in [-0.3, -0.25) is 0 Å². The highest BCUT2D eigenvalue weighted by Crippen LogP contribution is 2.15. The molecule has 1 fully saturated rings. The molecule has 1 aromatic heterocycles. The van der Waals surface area contributed by atoms with Gasteiger partial charge in [-0.05, 0) is 29.7 Å². The summed E-state index contributed by atoms with van der Waals surface area (Å²) in [5, 5.41) is 19.4. The van der Waals surface area contributed by atoms with Gasteiger partial charge in [-0.2, -0.15) is 15.0 Å². The number of phenolic OH excluding ortho intramolecular Hbond substituents is 1. The molecule has 8 nitrogen and oxygen atoms in total. The van der Waals surface area contributed by atoms with E-state index in [1.54, 1.807) is 12.1 Å². The number of rotatable bonds is 9. The molecule has 166 valence electrons. The molecule has 0 radical (unpaired) electrons. The summed E-state index contributed by atoms with van der Waals surface area (Å²) >= 11 is 0. The zero-order valence-corrected chi connectivity index (χ0v) is 18.0. The lowest BCUT2D eigenvalue weighted by Crippen LogP contribution is -2.44. The minimum absolute atomic E-state index is 0.275. The number of aromatic hydroxyl groups is 1. The van der Waals surface area contributed by atoms with E-state index in [1.165, 1.54) is 0 Å². The van der Waals surface area contributed by atoms with Crippen molar-refractivity contribution in [1.29, 1.82) is 0 Å². The number of benzene rings is 2. The third-order valence-electron chi connectivity index (χ3n) is 5.14. The van der Waals surface area contributed by atoms with E-state index in [2.05, 4.69) is 60.1 Å². The summed E-state index contributed by atoms with van der Waals surface area (Å²) in [7, 11) is 0. The lowest BCUT2D eigenvalue weighted by molar-refractivity contribution is 0.475. The summed E-state index contributed by atoms with van der Waals surface area (Å²) in [6.45, 7) is 4.86. The molecule has 32 heavy (non-hydrogen) atoms. The van der Waals surface area contributed by atoms with Gasteiger partial charge in [0, 0.05) is 39.3 Å². The van der Waals surface area contributed by atoms with E-state index >= 15 is 0 Å². The summed E-state index contributed by atoms with van der Waals surface area (Å²) in [5.41, 5.74) is 2.29. The van der Waals surface area contributed by atoms with E-state index in [4.69, 9.17) is 0 Å². The van der Waals surface area contributed by atoms with Gasteiger partial charge in [0.2, 0.25) is 17.8 Å². The highest BCUT2D eigenvalue weighted by atomic mass is 16.3. The quantitative estimate of drug-likeness (QED) is 0.411. The predicted octanol–water partition coefficient (Wildman–Crippen LogP) is 2.77. The van der Waals surface area contributed by atoms with Crippen LogP contribution in [0.5, 0.6) is 5.75 Å². The zero-order valence-electron chi connectivity index (χ0n) is 18.0. The first-order valence-electron chi connectivity index (χ1n) is 11.0. The molecule has 0 saturated carbocycles. The Morgan fingerprint density at radius 1 is 0.906 bits per heavy atom. The van der Waals surface area contributed by atoms with Crippen molar-refractivity contribution in [3.05, 3.63) is 71.8 Å². The molecule has 4 rings (SSSR count). The molecule has 2 aromatic carbocycles. The molecule has 3 aromatic rings. The van der Waals surface area contributed by atoms with Crippen molar-refractivity contribution in [3.63, 3.8) is 0 Å².